The lowest BCUT2D eigenvalue weighted by molar-refractivity contribution is 0.315. The Bertz CT molecular complexity index is 998. The fraction of sp³-hybridized carbons (Fsp3) is 0.412. The topological polar surface area (TPSA) is 83.2 Å². The second-order valence-electron chi connectivity index (χ2n) is 5.72. The van der Waals surface area contributed by atoms with Crippen LogP contribution in [0.5, 0.6) is 0 Å². The Morgan fingerprint density at radius 3 is 3.17 bits per heavy atom. The summed E-state index contributed by atoms with van der Waals surface area (Å²) in [7, 11) is 0. The van der Waals surface area contributed by atoms with E-state index in [2.05, 4.69) is 26.1 Å². The van der Waals surface area contributed by atoms with Gasteiger partial charge in [-0.1, -0.05) is 12.8 Å². The molecule has 1 aliphatic carbocycles. The Morgan fingerprint density at radius 2 is 2.35 bits per heavy atom. The van der Waals surface area contributed by atoms with Crippen molar-refractivity contribution in [3.05, 3.63) is 30.9 Å². The molecule has 0 spiro atoms. The minimum absolute atomic E-state index is 0.0576. The van der Waals surface area contributed by atoms with Gasteiger partial charge in [0.25, 0.3) is 0 Å². The fourth-order valence-corrected chi connectivity index (χ4v) is 3.23. The molecule has 1 N–H and O–H groups in total. The molecule has 116 valence electrons. The number of nitrogens with one attached hydrogen (secondary N) is 1. The molecule has 0 bridgehead atoms. The Balaban J connectivity index is 1.79. The lowest BCUT2D eigenvalue weighted by Crippen LogP contribution is -2.17. The maximum absolute atomic E-state index is 9.25. The highest BCUT2D eigenvalue weighted by molar-refractivity contribution is 5.77. The monoisotopic (exact) mass is 310 g/mol. The first-order chi connectivity index (χ1) is 12.9. The van der Waals surface area contributed by atoms with Gasteiger partial charge in [-0.2, -0.15) is 10.4 Å². The lowest BCUT2D eigenvalue weighted by atomic mass is 9.96. The van der Waals surface area contributed by atoms with Crippen LogP contribution in [0, 0.1) is 17.2 Å². The van der Waals surface area contributed by atoms with Crippen LogP contribution in [0.2, 0.25) is 0 Å². The maximum Gasteiger partial charge on any atom is 0.162 e. The first kappa shape index (κ1) is 10.2. The molecule has 1 saturated carbocycles. The maximum atomic E-state index is 9.25. The van der Waals surface area contributed by atoms with Crippen LogP contribution in [0.4, 0.5) is 0 Å². The van der Waals surface area contributed by atoms with Gasteiger partial charge in [0, 0.05) is 24.9 Å². The van der Waals surface area contributed by atoms with E-state index in [1.54, 1.807) is 17.1 Å². The van der Waals surface area contributed by atoms with Crippen molar-refractivity contribution in [1.82, 2.24) is 24.7 Å². The molecule has 3 heterocycles. The van der Waals surface area contributed by atoms with E-state index in [-0.39, 0.29) is 36.8 Å². The van der Waals surface area contributed by atoms with Crippen molar-refractivity contribution in [2.75, 3.05) is 0 Å². The second-order valence-corrected chi connectivity index (χ2v) is 5.72. The van der Waals surface area contributed by atoms with Crippen molar-refractivity contribution in [3.63, 3.8) is 0 Å². The molecule has 23 heavy (non-hydrogen) atoms. The molecule has 0 aromatic carbocycles. The Hall–Kier alpha value is -2.68. The van der Waals surface area contributed by atoms with E-state index < -0.39 is 5.89 Å². The van der Waals surface area contributed by atoms with Gasteiger partial charge in [0.1, 0.15) is 1.37 Å². The Kier molecular flexibility index (Phi) is 2.58. The van der Waals surface area contributed by atoms with Gasteiger partial charge in [-0.3, -0.25) is 4.68 Å². The molecule has 4 rings (SSSR count). The van der Waals surface area contributed by atoms with Gasteiger partial charge in [-0.15, -0.1) is 0 Å². The summed E-state index contributed by atoms with van der Waals surface area (Å²) >= 11 is 0. The summed E-state index contributed by atoms with van der Waals surface area (Å²) in [4.78, 5) is 10.7. The smallest absolute Gasteiger partial charge is 0.162 e. The highest BCUT2D eigenvalue weighted by atomic mass is 15.3. The van der Waals surface area contributed by atoms with Crippen molar-refractivity contribution in [2.24, 2.45) is 5.89 Å². The largest absolute Gasteiger partial charge is 0.345 e. The quantitative estimate of drug-likeness (QED) is 0.800. The highest BCUT2D eigenvalue weighted by Gasteiger charge is 2.27. The van der Waals surface area contributed by atoms with Crippen molar-refractivity contribution in [2.45, 2.75) is 38.1 Å². The average Bonchev–Trinajstić information content (AvgIpc) is 3.33. The molecular formula is C17H18N6. The molecule has 1 aromatic rings. The second kappa shape index (κ2) is 5.84. The van der Waals surface area contributed by atoms with Crippen LogP contribution in [0.1, 0.15) is 43.6 Å². The van der Waals surface area contributed by atoms with Crippen molar-refractivity contribution in [3.8, 4) is 28.7 Å². The molecule has 6 heteroatoms. The summed E-state index contributed by atoms with van der Waals surface area (Å²) in [5, 5.41) is 13.6. The minimum atomic E-state index is -0.715. The van der Waals surface area contributed by atoms with Gasteiger partial charge < -0.3 is 4.98 Å². The van der Waals surface area contributed by atoms with Gasteiger partial charge in [0.05, 0.1) is 39.5 Å². The number of fused-ring (bicyclic) bond motifs is 1. The van der Waals surface area contributed by atoms with E-state index in [0.717, 1.165) is 25.7 Å². The van der Waals surface area contributed by atoms with E-state index in [9.17, 15) is 5.26 Å². The van der Waals surface area contributed by atoms with Crippen LogP contribution < -0.4 is 0 Å². The van der Waals surface area contributed by atoms with E-state index >= 15 is 0 Å². The molecular weight excluding hydrogens is 288 g/mol. The summed E-state index contributed by atoms with van der Waals surface area (Å²) < 4.78 is 34.1. The first-order valence-corrected chi connectivity index (χ1v) is 7.68. The third kappa shape index (κ3) is 2.48. The number of H-pyrrole nitrogens is 1. The van der Waals surface area contributed by atoms with Gasteiger partial charge in [-0.05, 0) is 24.8 Å². The average molecular weight is 310 g/mol. The molecule has 1 fully saturated rings. The summed E-state index contributed by atoms with van der Waals surface area (Å²) in [5.41, 5.74) is 1.43. The van der Waals surface area contributed by atoms with Crippen LogP contribution in [0.3, 0.4) is 0 Å². The predicted octanol–water partition coefficient (Wildman–Crippen LogP) is 3.42. The van der Waals surface area contributed by atoms with Gasteiger partial charge in [-0.25, -0.2) is 9.97 Å². The van der Waals surface area contributed by atoms with Crippen molar-refractivity contribution in [1.29, 1.82) is 5.26 Å². The molecule has 1 aromatic heterocycles. The van der Waals surface area contributed by atoms with Gasteiger partial charge in [0.2, 0.25) is 0 Å². The molecule has 2 aliphatic heterocycles. The molecule has 1 atom stereocenters. The Morgan fingerprint density at radius 1 is 1.48 bits per heavy atom. The summed E-state index contributed by atoms with van der Waals surface area (Å²) in [6.07, 6.45) is 6.64. The number of hydrogen-bond donors (Lipinski definition) is 1. The van der Waals surface area contributed by atoms with Crippen LogP contribution >= 0.6 is 0 Å². The zero-order chi connectivity index (χ0) is 19.2. The fourth-order valence-electron chi connectivity index (χ4n) is 3.23. The molecule has 3 aliphatic rings. The summed E-state index contributed by atoms with van der Waals surface area (Å²) in [6.45, 7) is 0. The Labute approximate surface area is 140 Å². The van der Waals surface area contributed by atoms with Crippen molar-refractivity contribution >= 4 is 0 Å². The molecule has 0 unspecified atom stereocenters. The number of aromatic amines is 1. The van der Waals surface area contributed by atoms with E-state index in [1.165, 1.54) is 0 Å². The number of nitrogens with zero attached hydrogens (tertiary/aromatic N) is 5. The number of nitriles is 1. The highest BCUT2D eigenvalue weighted by Crippen LogP contribution is 2.37. The van der Waals surface area contributed by atoms with Gasteiger partial charge >= 0.3 is 0 Å². The van der Waals surface area contributed by atoms with Gasteiger partial charge in [0.15, 0.2) is 5.82 Å². The SMILES string of the molecule is [2H]c1nc2nc([2H])c([2H])c-2c(-c2cnn([C@H](CC#N)C3([2H])CCCC3)c2)[nH]1. The molecule has 0 amide bonds. The van der Waals surface area contributed by atoms with Crippen LogP contribution in [0.15, 0.2) is 30.9 Å². The summed E-state index contributed by atoms with van der Waals surface area (Å²) in [5.74, 6) is -0.536. The zero-order valence-electron chi connectivity index (χ0n) is 16.5. The van der Waals surface area contributed by atoms with E-state index in [1.807, 2.05) is 0 Å². The standard InChI is InChI=1S/C17H18N6/c18-7-5-15(12-3-1-2-4-12)23-10-13(9-22-23)16-14-6-8-19-17(14)21-11-20-16/h6,8-12,15H,1-5H2,(H,19,20,21)/t15-/m1/s1/i6D,8D,11D,12D. The molecule has 0 radical (unpaired) electrons. The molecule has 0 saturated heterocycles. The van der Waals surface area contributed by atoms with Crippen molar-refractivity contribution < 1.29 is 5.48 Å². The first-order valence-electron chi connectivity index (χ1n) is 9.68. The predicted molar refractivity (Wildman–Crippen MR) is 85.5 cm³/mol. The molecule has 6 nitrogen and oxygen atoms in total. The number of hydrogen-bond acceptors (Lipinski definition) is 4. The van der Waals surface area contributed by atoms with Crippen LogP contribution in [-0.2, 0) is 0 Å². The van der Waals surface area contributed by atoms with E-state index in [4.69, 9.17) is 5.48 Å². The minimum Gasteiger partial charge on any atom is -0.345 e. The third-order valence-electron chi connectivity index (χ3n) is 4.37. The van der Waals surface area contributed by atoms with E-state index in [0.29, 0.717) is 16.8 Å². The van der Waals surface area contributed by atoms with Crippen LogP contribution in [-0.4, -0.2) is 24.7 Å². The van der Waals surface area contributed by atoms with Crippen LogP contribution in [0.25, 0.3) is 22.6 Å². The third-order valence-corrected chi connectivity index (χ3v) is 4.37. The number of aromatic nitrogens is 5. The lowest BCUT2D eigenvalue weighted by Gasteiger charge is -2.21. The normalized spacial score (nSPS) is 20.5. The summed E-state index contributed by atoms with van der Waals surface area (Å²) in [6, 6.07) is 1.76. The number of rotatable bonds is 4. The zero-order valence-corrected chi connectivity index (χ0v) is 12.5.